The topological polar surface area (TPSA) is 116 Å². The van der Waals surface area contributed by atoms with Crippen LogP contribution in [-0.4, -0.2) is 65.0 Å². The summed E-state index contributed by atoms with van der Waals surface area (Å²) in [5.41, 5.74) is 1.88. The lowest BCUT2D eigenvalue weighted by atomic mass is 10.1. The molecule has 32 heavy (non-hydrogen) atoms. The normalized spacial score (nSPS) is 14.1. The van der Waals surface area contributed by atoms with Gasteiger partial charge in [0.25, 0.3) is 11.5 Å². The second kappa shape index (κ2) is 10.0. The monoisotopic (exact) mass is 432 g/mol. The quantitative estimate of drug-likeness (QED) is 0.547. The summed E-state index contributed by atoms with van der Waals surface area (Å²) in [6.45, 7) is 4.92. The van der Waals surface area contributed by atoms with Gasteiger partial charge >= 0.3 is 0 Å². The Kier molecular flexibility index (Phi) is 6.75. The Morgan fingerprint density at radius 1 is 1.19 bits per heavy atom. The third kappa shape index (κ3) is 4.94. The number of benzene rings is 1. The average Bonchev–Trinajstić information content (AvgIpc) is 3.23. The summed E-state index contributed by atoms with van der Waals surface area (Å²) in [7, 11) is 0. The highest BCUT2D eigenvalue weighted by Crippen LogP contribution is 2.16. The lowest BCUT2D eigenvalue weighted by molar-refractivity contribution is 0.0374. The molecule has 1 amide bonds. The molecule has 1 fully saturated rings. The highest BCUT2D eigenvalue weighted by molar-refractivity contribution is 5.93. The zero-order valence-corrected chi connectivity index (χ0v) is 17.6. The molecule has 0 unspecified atom stereocenters. The molecule has 0 radical (unpaired) electrons. The van der Waals surface area contributed by atoms with E-state index in [-0.39, 0.29) is 11.5 Å². The zero-order chi connectivity index (χ0) is 22.3. The van der Waals surface area contributed by atoms with Crippen molar-refractivity contribution in [1.82, 2.24) is 25.0 Å². The van der Waals surface area contributed by atoms with Crippen molar-refractivity contribution in [2.24, 2.45) is 0 Å². The Morgan fingerprint density at radius 3 is 2.66 bits per heavy atom. The number of carbonyl (C=O) groups is 1. The molecule has 0 atom stereocenters. The van der Waals surface area contributed by atoms with Crippen LogP contribution < -0.4 is 10.9 Å². The highest BCUT2D eigenvalue weighted by Gasteiger charge is 2.13. The van der Waals surface area contributed by atoms with Crippen molar-refractivity contribution in [3.8, 4) is 23.0 Å². The number of nitrogens with one attached hydrogen (secondary N) is 2. The van der Waals surface area contributed by atoms with Crippen molar-refractivity contribution >= 4 is 5.91 Å². The number of amides is 1. The number of rotatable bonds is 7. The predicted octanol–water partition coefficient (Wildman–Crippen LogP) is 1.55. The fourth-order valence-corrected chi connectivity index (χ4v) is 3.56. The largest absolute Gasteiger partial charge is 0.379 e. The van der Waals surface area contributed by atoms with Gasteiger partial charge in [0.2, 0.25) is 0 Å². The third-order valence-electron chi connectivity index (χ3n) is 5.38. The molecule has 0 bridgehead atoms. The molecule has 9 heteroatoms. The molecule has 1 aliphatic rings. The molecular weight excluding hydrogens is 408 g/mol. The molecule has 1 aliphatic heterocycles. The van der Waals surface area contributed by atoms with Crippen LogP contribution in [0.1, 0.15) is 22.3 Å². The van der Waals surface area contributed by atoms with E-state index in [2.05, 4.69) is 26.4 Å². The fraction of sp³-hybridized carbons (Fsp3) is 0.304. The van der Waals surface area contributed by atoms with Gasteiger partial charge in [-0.05, 0) is 42.8 Å². The van der Waals surface area contributed by atoms with Crippen LogP contribution in [-0.2, 0) is 4.74 Å². The number of aromatic amines is 1. The summed E-state index contributed by atoms with van der Waals surface area (Å²) in [5, 5.41) is 14.7. The van der Waals surface area contributed by atoms with E-state index < -0.39 is 0 Å². The number of H-pyrrole nitrogens is 1. The Bertz CT molecular complexity index is 1150. The van der Waals surface area contributed by atoms with Crippen LogP contribution in [0.3, 0.4) is 0 Å². The molecule has 0 spiro atoms. The lowest BCUT2D eigenvalue weighted by Gasteiger charge is -2.26. The van der Waals surface area contributed by atoms with Gasteiger partial charge in [0.1, 0.15) is 0 Å². The first-order valence-electron chi connectivity index (χ1n) is 10.5. The number of pyridine rings is 1. The molecule has 164 valence electrons. The molecule has 2 N–H and O–H groups in total. The number of carbonyl (C=O) groups excluding carboxylic acids is 1. The fourth-order valence-electron chi connectivity index (χ4n) is 3.56. The first kappa shape index (κ1) is 21.5. The van der Waals surface area contributed by atoms with Crippen LogP contribution in [0.5, 0.6) is 0 Å². The number of ether oxygens (including phenoxy) is 1. The van der Waals surface area contributed by atoms with E-state index in [0.29, 0.717) is 34.6 Å². The van der Waals surface area contributed by atoms with E-state index in [1.165, 1.54) is 10.9 Å². The van der Waals surface area contributed by atoms with Crippen LogP contribution in [0.15, 0.2) is 53.6 Å². The molecule has 4 rings (SSSR count). The predicted molar refractivity (Wildman–Crippen MR) is 119 cm³/mol. The van der Waals surface area contributed by atoms with Crippen molar-refractivity contribution in [1.29, 1.82) is 5.26 Å². The standard InChI is InChI=1S/C23H24N6O3/c24-14-17-2-4-18(5-3-17)20-16-27-29(23(20)31)21-7-6-19(15-26-21)22(30)25-8-1-9-28-10-12-32-13-11-28/h2-7,15-16,27H,1,8-13H2,(H,25,30). The van der Waals surface area contributed by atoms with Gasteiger partial charge in [-0.2, -0.15) is 5.26 Å². The molecule has 1 aromatic carbocycles. The van der Waals surface area contributed by atoms with Crippen LogP contribution in [0.2, 0.25) is 0 Å². The Balaban J connectivity index is 1.36. The molecule has 0 aliphatic carbocycles. The van der Waals surface area contributed by atoms with Crippen molar-refractivity contribution < 1.29 is 9.53 Å². The van der Waals surface area contributed by atoms with Gasteiger partial charge in [-0.15, -0.1) is 0 Å². The second-order valence-electron chi connectivity index (χ2n) is 7.49. The minimum atomic E-state index is -0.262. The van der Waals surface area contributed by atoms with E-state index in [4.69, 9.17) is 10.00 Å². The van der Waals surface area contributed by atoms with Crippen molar-refractivity contribution in [2.75, 3.05) is 39.4 Å². The number of morpholine rings is 1. The van der Waals surface area contributed by atoms with E-state index in [1.807, 2.05) is 0 Å². The van der Waals surface area contributed by atoms with Crippen LogP contribution in [0, 0.1) is 11.3 Å². The van der Waals surface area contributed by atoms with E-state index in [1.54, 1.807) is 42.6 Å². The highest BCUT2D eigenvalue weighted by atomic mass is 16.5. The number of hydrogen-bond acceptors (Lipinski definition) is 6. The van der Waals surface area contributed by atoms with Gasteiger partial charge < -0.3 is 10.1 Å². The molecule has 2 aromatic heterocycles. The molecule has 9 nitrogen and oxygen atoms in total. The first-order chi connectivity index (χ1) is 15.7. The van der Waals surface area contributed by atoms with E-state index in [9.17, 15) is 9.59 Å². The molecular formula is C23H24N6O3. The first-order valence-corrected chi connectivity index (χ1v) is 10.5. The van der Waals surface area contributed by atoms with Gasteiger partial charge in [-0.3, -0.25) is 19.6 Å². The van der Waals surface area contributed by atoms with Gasteiger partial charge in [0.05, 0.1) is 36.0 Å². The zero-order valence-electron chi connectivity index (χ0n) is 17.6. The molecule has 3 heterocycles. The van der Waals surface area contributed by atoms with Gasteiger partial charge in [0, 0.05) is 32.0 Å². The minimum Gasteiger partial charge on any atom is -0.379 e. The SMILES string of the molecule is N#Cc1ccc(-c2c[nH]n(-c3ccc(C(=O)NCCCN4CCOCC4)cn3)c2=O)cc1. The van der Waals surface area contributed by atoms with Gasteiger partial charge in [-0.1, -0.05) is 12.1 Å². The lowest BCUT2D eigenvalue weighted by Crippen LogP contribution is -2.38. The summed E-state index contributed by atoms with van der Waals surface area (Å²) in [4.78, 5) is 31.7. The molecule has 1 saturated heterocycles. The summed E-state index contributed by atoms with van der Waals surface area (Å²) >= 11 is 0. The molecule has 3 aromatic rings. The number of nitriles is 1. The smallest absolute Gasteiger partial charge is 0.280 e. The van der Waals surface area contributed by atoms with E-state index in [0.717, 1.165) is 39.3 Å². The second-order valence-corrected chi connectivity index (χ2v) is 7.49. The Hall–Kier alpha value is -3.74. The number of aromatic nitrogens is 3. The Labute approximate surface area is 185 Å². The van der Waals surface area contributed by atoms with Crippen LogP contribution in [0.25, 0.3) is 16.9 Å². The van der Waals surface area contributed by atoms with Crippen LogP contribution in [0.4, 0.5) is 0 Å². The van der Waals surface area contributed by atoms with Gasteiger partial charge in [0.15, 0.2) is 5.82 Å². The number of nitrogens with zero attached hydrogens (tertiary/aromatic N) is 4. The summed E-state index contributed by atoms with van der Waals surface area (Å²) in [6.07, 6.45) is 3.93. The van der Waals surface area contributed by atoms with Crippen molar-refractivity contribution in [3.63, 3.8) is 0 Å². The molecule has 0 saturated carbocycles. The summed E-state index contributed by atoms with van der Waals surface area (Å²) < 4.78 is 6.65. The maximum absolute atomic E-state index is 12.8. The van der Waals surface area contributed by atoms with E-state index >= 15 is 0 Å². The van der Waals surface area contributed by atoms with Gasteiger partial charge in [-0.25, -0.2) is 9.67 Å². The third-order valence-corrected chi connectivity index (χ3v) is 5.38. The van der Waals surface area contributed by atoms with Crippen molar-refractivity contribution in [3.05, 3.63) is 70.3 Å². The maximum atomic E-state index is 12.8. The Morgan fingerprint density at radius 2 is 1.97 bits per heavy atom. The maximum Gasteiger partial charge on any atom is 0.280 e. The van der Waals surface area contributed by atoms with Crippen LogP contribution >= 0.6 is 0 Å². The van der Waals surface area contributed by atoms with Crippen molar-refractivity contribution in [2.45, 2.75) is 6.42 Å². The summed E-state index contributed by atoms with van der Waals surface area (Å²) in [5.74, 6) is 0.196. The minimum absolute atomic E-state index is 0.192. The summed E-state index contributed by atoms with van der Waals surface area (Å²) in [6, 6.07) is 12.1. The number of hydrogen-bond donors (Lipinski definition) is 2. The average molecular weight is 432 g/mol.